The topological polar surface area (TPSA) is 76.0 Å². The average Bonchev–Trinajstić information content (AvgIpc) is 2.45. The summed E-state index contributed by atoms with van der Waals surface area (Å²) in [5, 5.41) is 11.5. The molecule has 7 heteroatoms. The minimum atomic E-state index is -0.225. The van der Waals surface area contributed by atoms with Gasteiger partial charge in [0, 0.05) is 30.9 Å². The highest BCUT2D eigenvalue weighted by molar-refractivity contribution is 6.04. The number of fused-ring (bicyclic) bond motifs is 1. The summed E-state index contributed by atoms with van der Waals surface area (Å²) in [5.41, 5.74) is 0.154. The SMILES string of the molecule is CC(C)n1nc(C(=O)NCC2CNC2)c2ccccc2c1=O.Cl. The molecule has 6 nitrogen and oxygen atoms in total. The van der Waals surface area contributed by atoms with Gasteiger partial charge in [0.25, 0.3) is 11.5 Å². The smallest absolute Gasteiger partial charge is 0.274 e. The van der Waals surface area contributed by atoms with Crippen LogP contribution in [0.5, 0.6) is 0 Å². The van der Waals surface area contributed by atoms with Gasteiger partial charge in [-0.3, -0.25) is 9.59 Å². The third-order valence-corrected chi connectivity index (χ3v) is 3.95. The number of rotatable bonds is 4. The molecule has 0 bridgehead atoms. The molecular formula is C16H21ClN4O2. The highest BCUT2D eigenvalue weighted by Crippen LogP contribution is 2.15. The molecule has 0 spiro atoms. The molecule has 0 atom stereocenters. The van der Waals surface area contributed by atoms with Gasteiger partial charge < -0.3 is 10.6 Å². The van der Waals surface area contributed by atoms with Crippen LogP contribution in [0.2, 0.25) is 0 Å². The molecule has 0 aliphatic carbocycles. The van der Waals surface area contributed by atoms with E-state index in [-0.39, 0.29) is 29.9 Å². The van der Waals surface area contributed by atoms with Gasteiger partial charge >= 0.3 is 0 Å². The second-order valence-corrected chi connectivity index (χ2v) is 5.97. The second-order valence-electron chi connectivity index (χ2n) is 5.97. The Morgan fingerprint density at radius 1 is 1.35 bits per heavy atom. The first-order valence-electron chi connectivity index (χ1n) is 7.58. The molecule has 124 valence electrons. The molecule has 1 aliphatic heterocycles. The first-order chi connectivity index (χ1) is 10.6. The van der Waals surface area contributed by atoms with Crippen LogP contribution in [0, 0.1) is 5.92 Å². The second kappa shape index (κ2) is 7.10. The summed E-state index contributed by atoms with van der Waals surface area (Å²) in [4.78, 5) is 24.9. The van der Waals surface area contributed by atoms with Gasteiger partial charge in [0.1, 0.15) is 0 Å². The van der Waals surface area contributed by atoms with Crippen molar-refractivity contribution in [1.82, 2.24) is 20.4 Å². The molecule has 1 fully saturated rings. The standard InChI is InChI=1S/C16H20N4O2.ClH/c1-10(2)20-16(22)13-6-4-3-5-12(13)14(19-20)15(21)18-9-11-7-17-8-11;/h3-6,10-11,17H,7-9H2,1-2H3,(H,18,21);1H. The molecule has 2 N–H and O–H groups in total. The number of carbonyl (C=O) groups excluding carboxylic acids is 1. The normalized spacial score (nSPS) is 14.4. The first-order valence-corrected chi connectivity index (χ1v) is 7.58. The van der Waals surface area contributed by atoms with E-state index in [9.17, 15) is 9.59 Å². The number of nitrogens with zero attached hydrogens (tertiary/aromatic N) is 2. The number of nitrogens with one attached hydrogen (secondary N) is 2. The fourth-order valence-corrected chi connectivity index (χ4v) is 2.54. The number of benzene rings is 1. The van der Waals surface area contributed by atoms with Crippen LogP contribution in [0.15, 0.2) is 29.1 Å². The number of aromatic nitrogens is 2. The molecule has 1 aromatic heterocycles. The first kappa shape index (κ1) is 17.4. The number of carbonyl (C=O) groups is 1. The van der Waals surface area contributed by atoms with Crippen LogP contribution < -0.4 is 16.2 Å². The van der Waals surface area contributed by atoms with E-state index in [0.717, 1.165) is 13.1 Å². The Bertz CT molecular complexity index is 768. The minimum Gasteiger partial charge on any atom is -0.350 e. The molecular weight excluding hydrogens is 316 g/mol. The minimum absolute atomic E-state index is 0. The zero-order valence-corrected chi connectivity index (χ0v) is 14.0. The maximum absolute atomic E-state index is 12.5. The van der Waals surface area contributed by atoms with Gasteiger partial charge in [0.2, 0.25) is 0 Å². The third kappa shape index (κ3) is 3.38. The molecule has 1 aliphatic rings. The van der Waals surface area contributed by atoms with Gasteiger partial charge in [0.15, 0.2) is 5.69 Å². The Morgan fingerprint density at radius 3 is 2.57 bits per heavy atom. The van der Waals surface area contributed by atoms with Gasteiger partial charge in [-0.05, 0) is 19.9 Å². The fourth-order valence-electron chi connectivity index (χ4n) is 2.54. The lowest BCUT2D eigenvalue weighted by Crippen LogP contribution is -2.48. The van der Waals surface area contributed by atoms with Gasteiger partial charge in [-0.2, -0.15) is 5.10 Å². The van der Waals surface area contributed by atoms with Crippen LogP contribution in [0.3, 0.4) is 0 Å². The summed E-state index contributed by atoms with van der Waals surface area (Å²) in [6.45, 7) is 6.25. The van der Waals surface area contributed by atoms with Crippen molar-refractivity contribution < 1.29 is 4.79 Å². The number of amides is 1. The van der Waals surface area contributed by atoms with Crippen LogP contribution >= 0.6 is 12.4 Å². The predicted molar refractivity (Wildman–Crippen MR) is 92.3 cm³/mol. The summed E-state index contributed by atoms with van der Waals surface area (Å²) in [7, 11) is 0. The Hall–Kier alpha value is -1.92. The van der Waals surface area contributed by atoms with Crippen LogP contribution in [0.25, 0.3) is 10.8 Å². The fraction of sp³-hybridized carbons (Fsp3) is 0.438. The lowest BCUT2D eigenvalue weighted by molar-refractivity contribution is 0.0936. The Balaban J connectivity index is 0.00000192. The number of hydrogen-bond donors (Lipinski definition) is 2. The molecule has 1 saturated heterocycles. The van der Waals surface area contributed by atoms with Crippen LogP contribution in [0.1, 0.15) is 30.4 Å². The van der Waals surface area contributed by atoms with E-state index in [1.165, 1.54) is 4.68 Å². The van der Waals surface area contributed by atoms with Crippen molar-refractivity contribution in [3.8, 4) is 0 Å². The van der Waals surface area contributed by atoms with Crippen molar-refractivity contribution in [2.75, 3.05) is 19.6 Å². The molecule has 1 amide bonds. The Kier molecular flexibility index (Phi) is 5.38. The monoisotopic (exact) mass is 336 g/mol. The molecule has 0 unspecified atom stereocenters. The maximum atomic E-state index is 12.5. The summed E-state index contributed by atoms with van der Waals surface area (Å²) < 4.78 is 1.38. The average molecular weight is 337 g/mol. The van der Waals surface area contributed by atoms with E-state index in [2.05, 4.69) is 15.7 Å². The molecule has 2 aromatic rings. The maximum Gasteiger partial charge on any atom is 0.274 e. The van der Waals surface area contributed by atoms with Crippen molar-refractivity contribution in [2.24, 2.45) is 5.92 Å². The highest BCUT2D eigenvalue weighted by atomic mass is 35.5. The molecule has 23 heavy (non-hydrogen) atoms. The largest absolute Gasteiger partial charge is 0.350 e. The van der Waals surface area contributed by atoms with Crippen molar-refractivity contribution >= 4 is 29.1 Å². The quantitative estimate of drug-likeness (QED) is 0.883. The van der Waals surface area contributed by atoms with Crippen LogP contribution in [-0.4, -0.2) is 35.3 Å². The summed E-state index contributed by atoms with van der Waals surface area (Å²) >= 11 is 0. The van der Waals surface area contributed by atoms with Crippen LogP contribution in [-0.2, 0) is 0 Å². The van der Waals surface area contributed by atoms with Crippen molar-refractivity contribution in [3.05, 3.63) is 40.3 Å². The lowest BCUT2D eigenvalue weighted by Gasteiger charge is -2.27. The van der Waals surface area contributed by atoms with Crippen molar-refractivity contribution in [1.29, 1.82) is 0 Å². The Morgan fingerprint density at radius 2 is 2.00 bits per heavy atom. The predicted octanol–water partition coefficient (Wildman–Crippen LogP) is 1.35. The van der Waals surface area contributed by atoms with Gasteiger partial charge in [-0.1, -0.05) is 18.2 Å². The summed E-state index contributed by atoms with van der Waals surface area (Å²) in [5.74, 6) is 0.253. The summed E-state index contributed by atoms with van der Waals surface area (Å²) in [6.07, 6.45) is 0. The highest BCUT2D eigenvalue weighted by Gasteiger charge is 2.21. The number of halogens is 1. The molecule has 2 heterocycles. The van der Waals surface area contributed by atoms with E-state index in [1.807, 2.05) is 19.9 Å². The summed E-state index contributed by atoms with van der Waals surface area (Å²) in [6, 6.07) is 7.03. The van der Waals surface area contributed by atoms with Gasteiger partial charge in [-0.15, -0.1) is 12.4 Å². The van der Waals surface area contributed by atoms with Crippen molar-refractivity contribution in [2.45, 2.75) is 19.9 Å². The molecule has 1 aromatic carbocycles. The molecule has 3 rings (SSSR count). The number of hydrogen-bond acceptors (Lipinski definition) is 4. The van der Waals surface area contributed by atoms with E-state index < -0.39 is 0 Å². The van der Waals surface area contributed by atoms with E-state index in [1.54, 1.807) is 18.2 Å². The molecule has 0 radical (unpaired) electrons. The van der Waals surface area contributed by atoms with Gasteiger partial charge in [-0.25, -0.2) is 4.68 Å². The van der Waals surface area contributed by atoms with E-state index in [0.29, 0.717) is 28.9 Å². The van der Waals surface area contributed by atoms with Crippen LogP contribution in [0.4, 0.5) is 0 Å². The molecule has 0 saturated carbocycles. The zero-order valence-electron chi connectivity index (χ0n) is 13.2. The van der Waals surface area contributed by atoms with E-state index in [4.69, 9.17) is 0 Å². The lowest BCUT2D eigenvalue weighted by atomic mass is 10.0. The third-order valence-electron chi connectivity index (χ3n) is 3.95. The Labute approximate surface area is 140 Å². The van der Waals surface area contributed by atoms with Crippen molar-refractivity contribution in [3.63, 3.8) is 0 Å². The van der Waals surface area contributed by atoms with E-state index >= 15 is 0 Å². The van der Waals surface area contributed by atoms with Gasteiger partial charge in [0.05, 0.1) is 11.4 Å². The zero-order chi connectivity index (χ0) is 15.7.